The number of carbonyl (C=O) groups excluding carboxylic acids is 2. The Kier molecular flexibility index (Phi) is 8.61. The van der Waals surface area contributed by atoms with E-state index in [9.17, 15) is 9.59 Å². The number of carbonyl (C=O) groups is 2. The molecule has 1 unspecified atom stereocenters. The molecule has 31 heavy (non-hydrogen) atoms. The van der Waals surface area contributed by atoms with Crippen LogP contribution in [0.2, 0.25) is 5.02 Å². The number of hydrogen-bond donors (Lipinski definition) is 1. The second kappa shape index (κ2) is 11.4. The van der Waals surface area contributed by atoms with Crippen LogP contribution in [0, 0.1) is 0 Å². The minimum Gasteiger partial charge on any atom is -0.497 e. The summed E-state index contributed by atoms with van der Waals surface area (Å²) < 4.78 is 5.36. The van der Waals surface area contributed by atoms with E-state index in [2.05, 4.69) is 5.32 Å². The summed E-state index contributed by atoms with van der Waals surface area (Å²) in [6.07, 6.45) is 5.28. The van der Waals surface area contributed by atoms with Crippen molar-refractivity contribution >= 4 is 35.0 Å². The van der Waals surface area contributed by atoms with Crippen molar-refractivity contribution in [2.75, 3.05) is 13.0 Å². The van der Waals surface area contributed by atoms with Crippen molar-refractivity contribution in [3.63, 3.8) is 0 Å². The molecule has 2 aromatic rings. The molecule has 1 N–H and O–H groups in total. The third kappa shape index (κ3) is 6.14. The zero-order valence-corrected chi connectivity index (χ0v) is 19.2. The molecule has 0 heterocycles. The largest absolute Gasteiger partial charge is 0.497 e. The average Bonchev–Trinajstić information content (AvgIpc) is 2.80. The second-order valence-corrected chi connectivity index (χ2v) is 8.44. The molecular weight excluding hydrogens is 435 g/mol. The maximum atomic E-state index is 13.5. The number of benzene rings is 2. The number of halogens is 2. The average molecular weight is 463 g/mol. The van der Waals surface area contributed by atoms with Gasteiger partial charge in [0.15, 0.2) is 0 Å². The Hall–Kier alpha value is -2.24. The van der Waals surface area contributed by atoms with E-state index < -0.39 is 6.04 Å². The predicted molar refractivity (Wildman–Crippen MR) is 123 cm³/mol. The van der Waals surface area contributed by atoms with Crippen molar-refractivity contribution < 1.29 is 14.3 Å². The number of alkyl halides is 1. The van der Waals surface area contributed by atoms with Crippen LogP contribution in [-0.2, 0) is 16.1 Å². The fourth-order valence-corrected chi connectivity index (χ4v) is 4.37. The molecule has 1 atom stereocenters. The first kappa shape index (κ1) is 23.4. The number of ether oxygens (including phenoxy) is 1. The summed E-state index contributed by atoms with van der Waals surface area (Å²) in [5.41, 5.74) is 1.42. The standard InChI is InChI=1S/C24H28Cl2N2O3/c1-31-20-12-7-9-17(14-20)23(24(30)27-19-10-3-2-4-11-19)28(22(29)15-25)16-18-8-5-6-13-21(18)26/h5-9,12-14,19,23H,2-4,10-11,15-16H2,1H3,(H,27,30). The summed E-state index contributed by atoms with van der Waals surface area (Å²) in [4.78, 5) is 28.0. The molecule has 1 aliphatic carbocycles. The minimum atomic E-state index is -0.848. The quantitative estimate of drug-likeness (QED) is 0.554. The van der Waals surface area contributed by atoms with Crippen molar-refractivity contribution in [1.29, 1.82) is 0 Å². The summed E-state index contributed by atoms with van der Waals surface area (Å²) in [5, 5.41) is 3.70. The van der Waals surface area contributed by atoms with Crippen LogP contribution in [0.25, 0.3) is 0 Å². The molecule has 3 rings (SSSR count). The fourth-order valence-electron chi connectivity index (χ4n) is 4.02. The predicted octanol–water partition coefficient (Wildman–Crippen LogP) is 5.11. The molecule has 2 aromatic carbocycles. The SMILES string of the molecule is COc1cccc(C(C(=O)NC2CCCCC2)N(Cc2ccccc2Cl)C(=O)CCl)c1. The highest BCUT2D eigenvalue weighted by Crippen LogP contribution is 2.29. The first-order chi connectivity index (χ1) is 15.0. The molecule has 5 nitrogen and oxygen atoms in total. The number of methoxy groups -OCH3 is 1. The summed E-state index contributed by atoms with van der Waals surface area (Å²) >= 11 is 12.3. The van der Waals surface area contributed by atoms with E-state index in [1.54, 1.807) is 25.3 Å². The lowest BCUT2D eigenvalue weighted by Gasteiger charge is -2.33. The number of rotatable bonds is 8. The Morgan fingerprint density at radius 1 is 1.13 bits per heavy atom. The van der Waals surface area contributed by atoms with Gasteiger partial charge in [0.05, 0.1) is 7.11 Å². The lowest BCUT2D eigenvalue weighted by molar-refractivity contribution is -0.140. The Morgan fingerprint density at radius 2 is 1.87 bits per heavy atom. The maximum absolute atomic E-state index is 13.5. The van der Waals surface area contributed by atoms with Gasteiger partial charge in [-0.15, -0.1) is 11.6 Å². The van der Waals surface area contributed by atoms with Gasteiger partial charge in [0.25, 0.3) is 0 Å². The maximum Gasteiger partial charge on any atom is 0.247 e. The number of nitrogens with one attached hydrogen (secondary N) is 1. The Morgan fingerprint density at radius 3 is 2.55 bits per heavy atom. The summed E-state index contributed by atoms with van der Waals surface area (Å²) in [6, 6.07) is 13.8. The van der Waals surface area contributed by atoms with Gasteiger partial charge >= 0.3 is 0 Å². The molecule has 0 aromatic heterocycles. The molecule has 1 saturated carbocycles. The zero-order chi connectivity index (χ0) is 22.2. The monoisotopic (exact) mass is 462 g/mol. The highest BCUT2D eigenvalue weighted by molar-refractivity contribution is 6.31. The van der Waals surface area contributed by atoms with E-state index in [0.717, 1.165) is 31.2 Å². The van der Waals surface area contributed by atoms with Gasteiger partial charge in [0.1, 0.15) is 17.7 Å². The zero-order valence-electron chi connectivity index (χ0n) is 17.7. The molecular formula is C24H28Cl2N2O3. The smallest absolute Gasteiger partial charge is 0.247 e. The van der Waals surface area contributed by atoms with E-state index in [1.807, 2.05) is 30.3 Å². The minimum absolute atomic E-state index is 0.114. The number of nitrogens with zero attached hydrogens (tertiary/aromatic N) is 1. The van der Waals surface area contributed by atoms with Crippen molar-refractivity contribution in [2.24, 2.45) is 0 Å². The van der Waals surface area contributed by atoms with Crippen LogP contribution in [-0.4, -0.2) is 35.7 Å². The first-order valence-electron chi connectivity index (χ1n) is 10.6. The highest BCUT2D eigenvalue weighted by Gasteiger charge is 2.33. The van der Waals surface area contributed by atoms with Crippen LogP contribution in [0.5, 0.6) is 5.75 Å². The van der Waals surface area contributed by atoms with E-state index >= 15 is 0 Å². The van der Waals surface area contributed by atoms with Gasteiger partial charge in [0.2, 0.25) is 11.8 Å². The van der Waals surface area contributed by atoms with Crippen LogP contribution in [0.1, 0.15) is 49.3 Å². The summed E-state index contributed by atoms with van der Waals surface area (Å²) in [6.45, 7) is 0.172. The molecule has 0 radical (unpaired) electrons. The van der Waals surface area contributed by atoms with Gasteiger partial charge in [-0.05, 0) is 42.2 Å². The van der Waals surface area contributed by atoms with Crippen LogP contribution in [0.3, 0.4) is 0 Å². The molecule has 1 fully saturated rings. The van der Waals surface area contributed by atoms with E-state index in [0.29, 0.717) is 16.3 Å². The van der Waals surface area contributed by atoms with Crippen molar-refractivity contribution in [2.45, 2.75) is 50.7 Å². The summed E-state index contributed by atoms with van der Waals surface area (Å²) in [5.74, 6) is -0.176. The molecule has 2 amide bonds. The third-order valence-corrected chi connectivity index (χ3v) is 6.25. The Labute approximate surface area is 193 Å². The van der Waals surface area contributed by atoms with E-state index in [-0.39, 0.29) is 30.3 Å². The molecule has 0 saturated heterocycles. The number of hydrogen-bond acceptors (Lipinski definition) is 3. The van der Waals surface area contributed by atoms with Crippen molar-refractivity contribution in [3.05, 3.63) is 64.7 Å². The molecule has 7 heteroatoms. The van der Waals surface area contributed by atoms with Gasteiger partial charge in [-0.1, -0.05) is 61.2 Å². The van der Waals surface area contributed by atoms with Gasteiger partial charge in [0, 0.05) is 17.6 Å². The third-order valence-electron chi connectivity index (χ3n) is 5.65. The van der Waals surface area contributed by atoms with Gasteiger partial charge in [-0.25, -0.2) is 0 Å². The van der Waals surface area contributed by atoms with Gasteiger partial charge in [-0.3, -0.25) is 9.59 Å². The van der Waals surface area contributed by atoms with Crippen LogP contribution in [0.4, 0.5) is 0 Å². The van der Waals surface area contributed by atoms with Crippen LogP contribution < -0.4 is 10.1 Å². The summed E-state index contributed by atoms with van der Waals surface area (Å²) in [7, 11) is 1.57. The molecule has 0 bridgehead atoms. The molecule has 0 aliphatic heterocycles. The fraction of sp³-hybridized carbons (Fsp3) is 0.417. The number of amides is 2. The van der Waals surface area contributed by atoms with Gasteiger partial charge < -0.3 is 15.0 Å². The lowest BCUT2D eigenvalue weighted by atomic mass is 9.94. The van der Waals surface area contributed by atoms with Crippen molar-refractivity contribution in [3.8, 4) is 5.75 Å². The van der Waals surface area contributed by atoms with Gasteiger partial charge in [-0.2, -0.15) is 0 Å². The molecule has 1 aliphatic rings. The Balaban J connectivity index is 1.98. The van der Waals surface area contributed by atoms with E-state index in [1.165, 1.54) is 11.3 Å². The van der Waals surface area contributed by atoms with E-state index in [4.69, 9.17) is 27.9 Å². The van der Waals surface area contributed by atoms with Crippen molar-refractivity contribution in [1.82, 2.24) is 10.2 Å². The topological polar surface area (TPSA) is 58.6 Å². The molecule has 0 spiro atoms. The molecule has 166 valence electrons. The van der Waals surface area contributed by atoms with Crippen LogP contribution in [0.15, 0.2) is 48.5 Å². The lowest BCUT2D eigenvalue weighted by Crippen LogP contribution is -2.47. The highest BCUT2D eigenvalue weighted by atomic mass is 35.5. The normalized spacial score (nSPS) is 15.2. The Bertz CT molecular complexity index is 900. The first-order valence-corrected chi connectivity index (χ1v) is 11.5. The second-order valence-electron chi connectivity index (χ2n) is 7.77. The van der Waals surface area contributed by atoms with Crippen LogP contribution >= 0.6 is 23.2 Å².